The van der Waals surface area contributed by atoms with Gasteiger partial charge in [-0.2, -0.15) is 0 Å². The minimum Gasteiger partial charge on any atom is -0.385 e. The first-order valence-electron chi connectivity index (χ1n) is 5.68. The summed E-state index contributed by atoms with van der Waals surface area (Å²) in [7, 11) is 0. The summed E-state index contributed by atoms with van der Waals surface area (Å²) in [6.45, 7) is 3.18. The zero-order chi connectivity index (χ0) is 11.2. The molecule has 0 fully saturated rings. The fraction of sp³-hybridized carbons (Fsp3) is 0.286. The summed E-state index contributed by atoms with van der Waals surface area (Å²) in [5, 5.41) is 5.62. The molecule has 16 heavy (non-hydrogen) atoms. The average Bonchev–Trinajstić information content (AvgIpc) is 2.79. The lowest BCUT2D eigenvalue weighted by molar-refractivity contribution is 0.875. The molecule has 0 amide bonds. The topological polar surface area (TPSA) is 12.0 Å². The monoisotopic (exact) mass is 231 g/mol. The summed E-state index contributed by atoms with van der Waals surface area (Å²) < 4.78 is 0. The van der Waals surface area contributed by atoms with Gasteiger partial charge in [-0.1, -0.05) is 24.3 Å². The van der Waals surface area contributed by atoms with Gasteiger partial charge in [0.2, 0.25) is 0 Å². The molecule has 0 aliphatic rings. The van der Waals surface area contributed by atoms with Crippen LogP contribution in [-0.4, -0.2) is 6.54 Å². The zero-order valence-corrected chi connectivity index (χ0v) is 10.4. The number of nitrogens with one attached hydrogen (secondary N) is 1. The SMILES string of the molecule is Cc1ccccc1NCCCc1cccs1. The van der Waals surface area contributed by atoms with Gasteiger partial charge in [-0.15, -0.1) is 11.3 Å². The molecule has 1 N–H and O–H groups in total. The second-order valence-electron chi connectivity index (χ2n) is 3.92. The number of thiophene rings is 1. The Hall–Kier alpha value is -1.28. The highest BCUT2D eigenvalue weighted by molar-refractivity contribution is 7.09. The van der Waals surface area contributed by atoms with E-state index in [-0.39, 0.29) is 0 Å². The number of aryl methyl sites for hydroxylation is 2. The summed E-state index contributed by atoms with van der Waals surface area (Å²) in [5.74, 6) is 0. The maximum Gasteiger partial charge on any atom is 0.0369 e. The zero-order valence-electron chi connectivity index (χ0n) is 9.57. The third-order valence-corrected chi connectivity index (χ3v) is 3.58. The van der Waals surface area contributed by atoms with E-state index in [9.17, 15) is 0 Å². The van der Waals surface area contributed by atoms with Crippen LogP contribution in [0.15, 0.2) is 41.8 Å². The second-order valence-corrected chi connectivity index (χ2v) is 4.96. The van der Waals surface area contributed by atoms with Gasteiger partial charge < -0.3 is 5.32 Å². The van der Waals surface area contributed by atoms with Crippen molar-refractivity contribution in [3.05, 3.63) is 52.2 Å². The Morgan fingerprint density at radius 2 is 2.00 bits per heavy atom. The Kier molecular flexibility index (Phi) is 4.00. The van der Waals surface area contributed by atoms with Crippen molar-refractivity contribution in [3.63, 3.8) is 0 Å². The first-order valence-corrected chi connectivity index (χ1v) is 6.56. The van der Waals surface area contributed by atoms with E-state index >= 15 is 0 Å². The number of benzene rings is 1. The lowest BCUT2D eigenvalue weighted by atomic mass is 10.2. The molecule has 2 heteroatoms. The smallest absolute Gasteiger partial charge is 0.0369 e. The summed E-state index contributed by atoms with van der Waals surface area (Å²) in [6, 6.07) is 12.8. The van der Waals surface area contributed by atoms with Crippen molar-refractivity contribution in [3.8, 4) is 0 Å². The normalized spacial score (nSPS) is 10.3. The van der Waals surface area contributed by atoms with E-state index in [0.29, 0.717) is 0 Å². The van der Waals surface area contributed by atoms with Crippen LogP contribution in [0.2, 0.25) is 0 Å². The standard InChI is InChI=1S/C14H17NS/c1-12-6-2-3-9-14(12)15-10-4-7-13-8-5-11-16-13/h2-3,5-6,8-9,11,15H,4,7,10H2,1H3. The van der Waals surface area contributed by atoms with Crippen molar-refractivity contribution in [2.75, 3.05) is 11.9 Å². The minimum atomic E-state index is 1.04. The van der Waals surface area contributed by atoms with Crippen molar-refractivity contribution in [1.82, 2.24) is 0 Å². The van der Waals surface area contributed by atoms with Crippen LogP contribution in [0.3, 0.4) is 0 Å². The quantitative estimate of drug-likeness (QED) is 0.764. The molecule has 1 aromatic heterocycles. The highest BCUT2D eigenvalue weighted by atomic mass is 32.1. The molecule has 0 bridgehead atoms. The molecule has 84 valence electrons. The van der Waals surface area contributed by atoms with E-state index in [4.69, 9.17) is 0 Å². The second kappa shape index (κ2) is 5.71. The highest BCUT2D eigenvalue weighted by Crippen LogP contribution is 2.14. The Morgan fingerprint density at radius 3 is 2.75 bits per heavy atom. The van der Waals surface area contributed by atoms with Crippen LogP contribution in [0.4, 0.5) is 5.69 Å². The number of hydrogen-bond donors (Lipinski definition) is 1. The van der Waals surface area contributed by atoms with Crippen LogP contribution in [-0.2, 0) is 6.42 Å². The third kappa shape index (κ3) is 3.11. The lowest BCUT2D eigenvalue weighted by Crippen LogP contribution is -2.03. The van der Waals surface area contributed by atoms with Gasteiger partial charge in [0, 0.05) is 17.1 Å². The fourth-order valence-electron chi connectivity index (χ4n) is 1.71. The van der Waals surface area contributed by atoms with Crippen LogP contribution in [0.25, 0.3) is 0 Å². The molecule has 0 aliphatic carbocycles. The molecule has 1 aromatic carbocycles. The Balaban J connectivity index is 1.74. The Bertz CT molecular complexity index is 420. The van der Waals surface area contributed by atoms with Crippen LogP contribution in [0, 0.1) is 6.92 Å². The molecule has 0 radical (unpaired) electrons. The molecule has 0 spiro atoms. The largest absolute Gasteiger partial charge is 0.385 e. The van der Waals surface area contributed by atoms with Crippen molar-refractivity contribution in [1.29, 1.82) is 0 Å². The van der Waals surface area contributed by atoms with E-state index < -0.39 is 0 Å². The van der Waals surface area contributed by atoms with Crippen molar-refractivity contribution in [2.24, 2.45) is 0 Å². The number of anilines is 1. The molecule has 1 nitrogen and oxygen atoms in total. The predicted octanol–water partition coefficient (Wildman–Crippen LogP) is 4.10. The van der Waals surface area contributed by atoms with E-state index in [1.807, 2.05) is 11.3 Å². The predicted molar refractivity (Wildman–Crippen MR) is 72.3 cm³/mol. The molecule has 1 heterocycles. The first kappa shape index (κ1) is 11.2. The van der Waals surface area contributed by atoms with Gasteiger partial charge in [0.05, 0.1) is 0 Å². The fourth-order valence-corrected chi connectivity index (χ4v) is 2.46. The van der Waals surface area contributed by atoms with Gasteiger partial charge in [0.15, 0.2) is 0 Å². The van der Waals surface area contributed by atoms with Crippen LogP contribution in [0.1, 0.15) is 16.9 Å². The van der Waals surface area contributed by atoms with Gasteiger partial charge in [0.25, 0.3) is 0 Å². The molecule has 0 saturated carbocycles. The summed E-state index contributed by atoms with van der Waals surface area (Å²) in [6.07, 6.45) is 2.37. The Morgan fingerprint density at radius 1 is 1.12 bits per heavy atom. The molecule has 2 rings (SSSR count). The molecule has 0 unspecified atom stereocenters. The molecule has 0 atom stereocenters. The summed E-state index contributed by atoms with van der Waals surface area (Å²) >= 11 is 1.84. The molecular weight excluding hydrogens is 214 g/mol. The highest BCUT2D eigenvalue weighted by Gasteiger charge is 1.96. The van der Waals surface area contributed by atoms with Gasteiger partial charge in [-0.25, -0.2) is 0 Å². The molecular formula is C14H17NS. The first-order chi connectivity index (χ1) is 7.86. The van der Waals surface area contributed by atoms with Gasteiger partial charge in [-0.05, 0) is 42.8 Å². The van der Waals surface area contributed by atoms with Crippen molar-refractivity contribution in [2.45, 2.75) is 19.8 Å². The van der Waals surface area contributed by atoms with Gasteiger partial charge in [-0.3, -0.25) is 0 Å². The molecule has 0 aliphatic heterocycles. The van der Waals surface area contributed by atoms with E-state index in [1.54, 1.807) is 0 Å². The van der Waals surface area contributed by atoms with Crippen LogP contribution >= 0.6 is 11.3 Å². The third-order valence-electron chi connectivity index (χ3n) is 2.64. The summed E-state index contributed by atoms with van der Waals surface area (Å²) in [5.41, 5.74) is 2.58. The number of para-hydroxylation sites is 1. The number of rotatable bonds is 5. The van der Waals surface area contributed by atoms with Gasteiger partial charge in [0.1, 0.15) is 0 Å². The van der Waals surface area contributed by atoms with Crippen LogP contribution < -0.4 is 5.32 Å². The van der Waals surface area contributed by atoms with Gasteiger partial charge >= 0.3 is 0 Å². The van der Waals surface area contributed by atoms with Crippen molar-refractivity contribution < 1.29 is 0 Å². The maximum absolute atomic E-state index is 3.48. The molecule has 0 saturated heterocycles. The minimum absolute atomic E-state index is 1.04. The maximum atomic E-state index is 3.48. The lowest BCUT2D eigenvalue weighted by Gasteiger charge is -2.08. The van der Waals surface area contributed by atoms with E-state index in [1.165, 1.54) is 29.0 Å². The van der Waals surface area contributed by atoms with Crippen LogP contribution in [0.5, 0.6) is 0 Å². The summed E-state index contributed by atoms with van der Waals surface area (Å²) in [4.78, 5) is 1.48. The average molecular weight is 231 g/mol. The van der Waals surface area contributed by atoms with Crippen molar-refractivity contribution >= 4 is 17.0 Å². The Labute approximate surface area is 101 Å². The van der Waals surface area contributed by atoms with E-state index in [0.717, 1.165) is 6.54 Å². The molecule has 2 aromatic rings. The number of hydrogen-bond acceptors (Lipinski definition) is 2. The van der Waals surface area contributed by atoms with E-state index in [2.05, 4.69) is 54.0 Å².